The predicted molar refractivity (Wildman–Crippen MR) is 131 cm³/mol. The number of β-lactam (4-membered cyclic amide) rings is 1. The number of thioether (sulfide) groups is 2. The molecule has 0 aliphatic carbocycles. The molecule has 1 saturated heterocycles. The molecule has 3 atom stereocenters. The number of carbonyl (C=O) groups is 2. The summed E-state index contributed by atoms with van der Waals surface area (Å²) in [5.74, 6) is -0.712. The van der Waals surface area contributed by atoms with E-state index >= 15 is 0 Å². The van der Waals surface area contributed by atoms with Gasteiger partial charge >= 0.3 is 5.97 Å². The van der Waals surface area contributed by atoms with Gasteiger partial charge in [-0.3, -0.25) is 14.9 Å². The van der Waals surface area contributed by atoms with Gasteiger partial charge in [-0.2, -0.15) is 0 Å². The van der Waals surface area contributed by atoms with Crippen molar-refractivity contribution >= 4 is 41.1 Å². The van der Waals surface area contributed by atoms with E-state index in [0.29, 0.717) is 17.7 Å². The minimum absolute atomic E-state index is 0. The van der Waals surface area contributed by atoms with Crippen LogP contribution in [0.1, 0.15) is 18.9 Å². The predicted octanol–water partition coefficient (Wildman–Crippen LogP) is -0.0921. The SMILES string of the molecule is CSc1ccc[n+](CCSC2=C(C(=O)OCc3ccc([N+](=O)[O-])cc3)N3C(=O)[C@H]([C@@H](C)O)[C@H]3C2)c1.[Cl-]. The fourth-order valence-corrected chi connectivity index (χ4v) is 5.92. The van der Waals surface area contributed by atoms with Crippen LogP contribution in [0, 0.1) is 16.0 Å². The Morgan fingerprint density at radius 3 is 2.69 bits per heavy atom. The van der Waals surface area contributed by atoms with Crippen LogP contribution in [0.3, 0.4) is 0 Å². The standard InChI is InChI=1S/C24H26N3O6S2.ClH/c1-15(28)21-19-12-20(35-11-10-25-9-3-4-18(13-25)34-2)22(26(19)23(21)29)24(30)33-14-16-5-7-17(8-6-16)27(31)32;/h3-9,13,15,19,21,28H,10-12,14H2,1-2H3;1H/q+1;/p-1/t15-,19-,21-;/m1./s1. The van der Waals surface area contributed by atoms with E-state index in [-0.39, 0.29) is 42.3 Å². The van der Waals surface area contributed by atoms with Gasteiger partial charge in [0.2, 0.25) is 5.91 Å². The molecule has 2 aliphatic rings. The minimum Gasteiger partial charge on any atom is -1.00 e. The Balaban J connectivity index is 0.00000361. The first-order valence-electron chi connectivity index (χ1n) is 11.1. The number of benzene rings is 1. The van der Waals surface area contributed by atoms with Crippen LogP contribution in [0.5, 0.6) is 0 Å². The first-order chi connectivity index (χ1) is 16.8. The van der Waals surface area contributed by atoms with Gasteiger partial charge in [-0.1, -0.05) is 0 Å². The van der Waals surface area contributed by atoms with E-state index in [1.54, 1.807) is 18.7 Å². The average molecular weight is 552 g/mol. The van der Waals surface area contributed by atoms with Gasteiger partial charge in [0.05, 0.1) is 33.6 Å². The Morgan fingerprint density at radius 1 is 1.33 bits per heavy atom. The summed E-state index contributed by atoms with van der Waals surface area (Å²) in [6.45, 7) is 2.25. The third kappa shape index (κ3) is 5.86. The second-order valence-corrected chi connectivity index (χ2v) is 10.4. The van der Waals surface area contributed by atoms with Crippen LogP contribution in [-0.4, -0.2) is 51.0 Å². The Kier molecular flexibility index (Phi) is 9.40. The molecule has 0 radical (unpaired) electrons. The number of hydrogen-bond acceptors (Lipinski definition) is 8. The first kappa shape index (κ1) is 28.0. The number of carbonyl (C=O) groups excluding carboxylic acids is 2. The van der Waals surface area contributed by atoms with E-state index in [0.717, 1.165) is 16.3 Å². The van der Waals surface area contributed by atoms with Crippen molar-refractivity contribution < 1.29 is 41.3 Å². The van der Waals surface area contributed by atoms with Gasteiger partial charge in [0.1, 0.15) is 12.3 Å². The van der Waals surface area contributed by atoms with E-state index in [4.69, 9.17) is 4.74 Å². The smallest absolute Gasteiger partial charge is 0.356 e. The number of non-ortho nitro benzene ring substituents is 1. The highest BCUT2D eigenvalue weighted by molar-refractivity contribution is 8.03. The molecule has 1 aromatic carbocycles. The maximum absolute atomic E-state index is 13.1. The molecule has 0 unspecified atom stereocenters. The molecule has 1 aromatic heterocycles. The van der Waals surface area contributed by atoms with Gasteiger partial charge in [-0.25, -0.2) is 9.36 Å². The first-order valence-corrected chi connectivity index (χ1v) is 13.3. The number of pyridine rings is 1. The number of ether oxygens (including phenoxy) is 1. The van der Waals surface area contributed by atoms with E-state index in [9.17, 15) is 24.8 Å². The molecule has 1 N–H and O–H groups in total. The normalized spacial score (nSPS) is 19.3. The summed E-state index contributed by atoms with van der Waals surface area (Å²) in [6, 6.07) is 9.55. The number of halogens is 1. The molecule has 1 fully saturated rings. The van der Waals surface area contributed by atoms with E-state index in [2.05, 4.69) is 10.8 Å². The van der Waals surface area contributed by atoms with Gasteiger partial charge in [0.25, 0.3) is 5.69 Å². The topological polar surface area (TPSA) is 114 Å². The molecule has 0 saturated carbocycles. The van der Waals surface area contributed by atoms with Crippen LogP contribution in [-0.2, 0) is 27.5 Å². The van der Waals surface area contributed by atoms with Gasteiger partial charge in [0.15, 0.2) is 18.9 Å². The summed E-state index contributed by atoms with van der Waals surface area (Å²) in [5, 5.41) is 20.9. The average Bonchev–Trinajstić information content (AvgIpc) is 3.16. The number of rotatable bonds is 10. The van der Waals surface area contributed by atoms with Crippen LogP contribution in [0.2, 0.25) is 0 Å². The third-order valence-electron chi connectivity index (χ3n) is 6.09. The minimum atomic E-state index is -0.796. The summed E-state index contributed by atoms with van der Waals surface area (Å²) < 4.78 is 7.57. The quantitative estimate of drug-likeness (QED) is 0.109. The van der Waals surface area contributed by atoms with Crippen molar-refractivity contribution in [1.29, 1.82) is 0 Å². The largest absolute Gasteiger partial charge is 1.00 e. The molecule has 9 nitrogen and oxygen atoms in total. The maximum Gasteiger partial charge on any atom is 0.356 e. The van der Waals surface area contributed by atoms with Crippen molar-refractivity contribution in [2.24, 2.45) is 5.92 Å². The monoisotopic (exact) mass is 551 g/mol. The molecular weight excluding hydrogens is 526 g/mol. The second-order valence-electron chi connectivity index (χ2n) is 8.35. The number of esters is 1. The number of aryl methyl sites for hydroxylation is 1. The van der Waals surface area contributed by atoms with Crippen LogP contribution in [0.25, 0.3) is 0 Å². The molecule has 1 amide bonds. The summed E-state index contributed by atoms with van der Waals surface area (Å²) in [5.41, 5.74) is 0.804. The van der Waals surface area contributed by atoms with Crippen LogP contribution < -0.4 is 17.0 Å². The van der Waals surface area contributed by atoms with Crippen LogP contribution in [0.4, 0.5) is 5.69 Å². The highest BCUT2D eigenvalue weighted by Gasteiger charge is 2.57. The van der Waals surface area contributed by atoms with Crippen molar-refractivity contribution in [2.75, 3.05) is 12.0 Å². The summed E-state index contributed by atoms with van der Waals surface area (Å²) in [6.07, 6.45) is 5.78. The lowest BCUT2D eigenvalue weighted by Gasteiger charge is -2.44. The molecule has 3 heterocycles. The second kappa shape index (κ2) is 12.1. The lowest BCUT2D eigenvalue weighted by molar-refractivity contribution is -0.694. The summed E-state index contributed by atoms with van der Waals surface area (Å²) in [7, 11) is 0. The molecule has 192 valence electrons. The number of nitro groups is 1. The van der Waals surface area contributed by atoms with Crippen LogP contribution >= 0.6 is 23.5 Å². The number of nitrogens with zero attached hydrogens (tertiary/aromatic N) is 3. The maximum atomic E-state index is 13.1. The third-order valence-corrected chi connectivity index (χ3v) is 7.90. The summed E-state index contributed by atoms with van der Waals surface area (Å²) in [4.78, 5) is 39.5. The van der Waals surface area contributed by atoms with E-state index in [1.807, 2.05) is 24.6 Å². The molecule has 36 heavy (non-hydrogen) atoms. The Morgan fingerprint density at radius 2 is 2.06 bits per heavy atom. The highest BCUT2D eigenvalue weighted by Crippen LogP contribution is 2.47. The number of amides is 1. The zero-order valence-electron chi connectivity index (χ0n) is 19.7. The molecule has 2 aromatic rings. The number of aromatic nitrogens is 1. The Bertz CT molecular complexity index is 1170. The number of aliphatic hydroxyl groups is 1. The van der Waals surface area contributed by atoms with Crippen molar-refractivity contribution in [2.45, 2.75) is 43.5 Å². The highest BCUT2D eigenvalue weighted by atomic mass is 35.5. The lowest BCUT2D eigenvalue weighted by atomic mass is 9.83. The van der Waals surface area contributed by atoms with Crippen molar-refractivity contribution in [3.63, 3.8) is 0 Å². The van der Waals surface area contributed by atoms with E-state index in [1.165, 1.54) is 40.9 Å². The fourth-order valence-electron chi connectivity index (χ4n) is 4.31. The van der Waals surface area contributed by atoms with Gasteiger partial charge in [0, 0.05) is 29.5 Å². The van der Waals surface area contributed by atoms with Crippen molar-refractivity contribution in [1.82, 2.24) is 4.90 Å². The number of hydrogen-bond donors (Lipinski definition) is 1. The molecule has 4 rings (SSSR count). The number of fused-ring (bicyclic) bond motifs is 1. The van der Waals surface area contributed by atoms with Gasteiger partial charge in [-0.15, -0.1) is 23.5 Å². The zero-order valence-corrected chi connectivity index (χ0v) is 22.1. The lowest BCUT2D eigenvalue weighted by Crippen LogP contribution is -3.00. The molecule has 0 spiro atoms. The Hall–Kier alpha value is -2.60. The molecule has 12 heteroatoms. The zero-order chi connectivity index (χ0) is 25.1. The summed E-state index contributed by atoms with van der Waals surface area (Å²) >= 11 is 3.18. The van der Waals surface area contributed by atoms with Gasteiger partial charge < -0.3 is 27.2 Å². The van der Waals surface area contributed by atoms with E-state index < -0.39 is 22.9 Å². The molecular formula is C24H26ClN3O6S2. The van der Waals surface area contributed by atoms with Crippen LogP contribution in [0.15, 0.2) is 64.3 Å². The molecule has 0 bridgehead atoms. The molecule has 2 aliphatic heterocycles. The van der Waals surface area contributed by atoms with Gasteiger partial charge in [-0.05, 0) is 36.9 Å². The number of nitro benzene ring substituents is 1. The Labute approximate surface area is 223 Å². The fraction of sp³-hybridized carbons (Fsp3) is 0.375. The van der Waals surface area contributed by atoms with Crippen molar-refractivity contribution in [3.05, 3.63) is 75.1 Å². The number of aliphatic hydroxyl groups excluding tert-OH is 1. The van der Waals surface area contributed by atoms with Crippen molar-refractivity contribution in [3.8, 4) is 0 Å².